The van der Waals surface area contributed by atoms with Crippen LogP contribution >= 0.6 is 11.3 Å². The van der Waals surface area contributed by atoms with Crippen LogP contribution in [0, 0.1) is 0 Å². The highest BCUT2D eigenvalue weighted by Gasteiger charge is 2.21. The van der Waals surface area contributed by atoms with Gasteiger partial charge < -0.3 is 20.7 Å². The van der Waals surface area contributed by atoms with Gasteiger partial charge in [-0.3, -0.25) is 14.6 Å². The van der Waals surface area contributed by atoms with E-state index >= 15 is 0 Å². The van der Waals surface area contributed by atoms with Crippen molar-refractivity contribution in [1.29, 1.82) is 0 Å². The Hall–Kier alpha value is -3.20. The van der Waals surface area contributed by atoms with Gasteiger partial charge in [-0.2, -0.15) is 0 Å². The fourth-order valence-corrected chi connectivity index (χ4v) is 4.54. The summed E-state index contributed by atoms with van der Waals surface area (Å²) in [4.78, 5) is 31.1. The molecule has 1 fully saturated rings. The number of pyridine rings is 1. The van der Waals surface area contributed by atoms with E-state index < -0.39 is 0 Å². The van der Waals surface area contributed by atoms with E-state index in [-0.39, 0.29) is 11.9 Å². The average molecular weight is 426 g/mol. The van der Waals surface area contributed by atoms with Crippen LogP contribution < -0.4 is 20.7 Å². The zero-order chi connectivity index (χ0) is 20.9. The molecule has 156 valence electrons. The van der Waals surface area contributed by atoms with Gasteiger partial charge in [-0.15, -0.1) is 0 Å². The first-order valence-corrected chi connectivity index (χ1v) is 10.7. The van der Waals surface area contributed by atoms with Crippen molar-refractivity contribution in [3.05, 3.63) is 42.2 Å². The summed E-state index contributed by atoms with van der Waals surface area (Å²) < 4.78 is 6.94. The second-order valence-corrected chi connectivity index (χ2v) is 8.21. The van der Waals surface area contributed by atoms with Gasteiger partial charge in [0.1, 0.15) is 17.2 Å². The molecule has 1 saturated carbocycles. The summed E-state index contributed by atoms with van der Waals surface area (Å²) in [6.45, 7) is 0. The molecule has 0 spiro atoms. The SMILES string of the molecule is CNC(=O)c1cc(Oc2ccc3nc(NC4CCC(NC=O)CC4)sc3c2)ccn1. The summed E-state index contributed by atoms with van der Waals surface area (Å²) >= 11 is 1.59. The molecule has 4 rings (SSSR count). The average Bonchev–Trinajstić information content (AvgIpc) is 3.16. The third kappa shape index (κ3) is 4.68. The number of nitrogens with one attached hydrogen (secondary N) is 3. The summed E-state index contributed by atoms with van der Waals surface area (Å²) in [6.07, 6.45) is 6.30. The van der Waals surface area contributed by atoms with Crippen molar-refractivity contribution in [3.8, 4) is 11.5 Å². The van der Waals surface area contributed by atoms with Crippen molar-refractivity contribution < 1.29 is 14.3 Å². The number of hydrogen-bond acceptors (Lipinski definition) is 7. The van der Waals surface area contributed by atoms with E-state index in [1.807, 2.05) is 18.2 Å². The fourth-order valence-electron chi connectivity index (χ4n) is 3.57. The first-order chi connectivity index (χ1) is 14.6. The summed E-state index contributed by atoms with van der Waals surface area (Å²) in [5.41, 5.74) is 1.21. The Kier molecular flexibility index (Phi) is 6.08. The predicted octanol–water partition coefficient (Wildman–Crippen LogP) is 3.31. The predicted molar refractivity (Wildman–Crippen MR) is 116 cm³/mol. The lowest BCUT2D eigenvalue weighted by Gasteiger charge is -2.28. The minimum atomic E-state index is -0.259. The Morgan fingerprint density at radius 1 is 1.13 bits per heavy atom. The van der Waals surface area contributed by atoms with Crippen LogP contribution in [0.1, 0.15) is 36.2 Å². The number of aromatic nitrogens is 2. The van der Waals surface area contributed by atoms with Gasteiger partial charge in [-0.25, -0.2) is 4.98 Å². The van der Waals surface area contributed by atoms with Crippen molar-refractivity contribution in [2.75, 3.05) is 12.4 Å². The summed E-state index contributed by atoms with van der Waals surface area (Å²) in [6, 6.07) is 9.71. The molecule has 3 N–H and O–H groups in total. The Bertz CT molecular complexity index is 1050. The van der Waals surface area contributed by atoms with Gasteiger partial charge in [-0.05, 0) is 43.9 Å². The number of hydrogen-bond donors (Lipinski definition) is 3. The lowest BCUT2D eigenvalue weighted by atomic mass is 9.91. The van der Waals surface area contributed by atoms with Gasteiger partial charge in [0.05, 0.1) is 10.2 Å². The van der Waals surface area contributed by atoms with Crippen LogP contribution in [0.4, 0.5) is 5.13 Å². The molecule has 0 unspecified atom stereocenters. The lowest BCUT2D eigenvalue weighted by Crippen LogP contribution is -2.36. The number of ether oxygens (including phenoxy) is 1. The van der Waals surface area contributed by atoms with E-state index in [1.54, 1.807) is 36.7 Å². The molecule has 0 bridgehead atoms. The van der Waals surface area contributed by atoms with Crippen LogP contribution in [-0.4, -0.2) is 41.4 Å². The molecule has 2 amide bonds. The normalized spacial score (nSPS) is 18.6. The largest absolute Gasteiger partial charge is 0.457 e. The van der Waals surface area contributed by atoms with Crippen LogP contribution in [0.5, 0.6) is 11.5 Å². The smallest absolute Gasteiger partial charge is 0.269 e. The van der Waals surface area contributed by atoms with Crippen molar-refractivity contribution in [1.82, 2.24) is 20.6 Å². The number of nitrogens with zero attached hydrogens (tertiary/aromatic N) is 2. The standard InChI is InChI=1S/C21H23N5O3S/c1-22-20(28)18-10-16(8-9-23-18)29-15-6-7-17-19(11-15)30-21(26-17)25-14-4-2-13(3-5-14)24-12-27/h6-14H,2-5H2,1H3,(H,22,28)(H,24,27)(H,25,26). The van der Waals surface area contributed by atoms with Gasteiger partial charge in [0.25, 0.3) is 5.91 Å². The number of carbonyl (C=O) groups is 2. The lowest BCUT2D eigenvalue weighted by molar-refractivity contribution is -0.110. The van der Waals surface area contributed by atoms with Crippen LogP contribution in [-0.2, 0) is 4.79 Å². The first-order valence-electron chi connectivity index (χ1n) is 9.87. The van der Waals surface area contributed by atoms with Gasteiger partial charge in [-0.1, -0.05) is 11.3 Å². The van der Waals surface area contributed by atoms with Crippen molar-refractivity contribution in [3.63, 3.8) is 0 Å². The first kappa shape index (κ1) is 20.1. The Morgan fingerprint density at radius 2 is 1.90 bits per heavy atom. The minimum Gasteiger partial charge on any atom is -0.457 e. The van der Waals surface area contributed by atoms with Crippen molar-refractivity contribution in [2.45, 2.75) is 37.8 Å². The van der Waals surface area contributed by atoms with E-state index in [0.717, 1.165) is 47.4 Å². The number of anilines is 1. The van der Waals surface area contributed by atoms with Crippen LogP contribution in [0.3, 0.4) is 0 Å². The van der Waals surface area contributed by atoms with Crippen molar-refractivity contribution in [2.24, 2.45) is 0 Å². The number of fused-ring (bicyclic) bond motifs is 1. The number of carbonyl (C=O) groups excluding carboxylic acids is 2. The highest BCUT2D eigenvalue weighted by molar-refractivity contribution is 7.22. The zero-order valence-corrected chi connectivity index (χ0v) is 17.4. The fraction of sp³-hybridized carbons (Fsp3) is 0.333. The highest BCUT2D eigenvalue weighted by atomic mass is 32.1. The molecule has 0 atom stereocenters. The summed E-state index contributed by atoms with van der Waals surface area (Å²) in [5.74, 6) is 0.962. The third-order valence-electron chi connectivity index (χ3n) is 5.15. The van der Waals surface area contributed by atoms with Crippen molar-refractivity contribution >= 4 is 39.0 Å². The maximum absolute atomic E-state index is 11.7. The Labute approximate surface area is 178 Å². The zero-order valence-electron chi connectivity index (χ0n) is 16.6. The Morgan fingerprint density at radius 3 is 2.67 bits per heavy atom. The number of thiazole rings is 1. The monoisotopic (exact) mass is 425 g/mol. The molecule has 0 aliphatic heterocycles. The Balaban J connectivity index is 1.43. The third-order valence-corrected chi connectivity index (χ3v) is 6.09. The van der Waals surface area contributed by atoms with Gasteiger partial charge in [0, 0.05) is 37.5 Å². The van der Waals surface area contributed by atoms with E-state index in [1.165, 1.54) is 0 Å². The molecule has 1 aliphatic carbocycles. The van der Waals surface area contributed by atoms with Gasteiger partial charge >= 0.3 is 0 Å². The second kappa shape index (κ2) is 9.08. The van der Waals surface area contributed by atoms with Crippen LogP contribution in [0.2, 0.25) is 0 Å². The van der Waals surface area contributed by atoms with E-state index in [2.05, 4.69) is 25.9 Å². The number of rotatable bonds is 7. The molecular formula is C21H23N5O3S. The molecule has 1 aromatic carbocycles. The maximum atomic E-state index is 11.7. The van der Waals surface area contributed by atoms with Gasteiger partial charge in [0.15, 0.2) is 5.13 Å². The molecular weight excluding hydrogens is 402 g/mol. The summed E-state index contributed by atoms with van der Waals surface area (Å²) in [5, 5.41) is 9.83. The van der Waals surface area contributed by atoms with E-state index in [0.29, 0.717) is 23.2 Å². The second-order valence-electron chi connectivity index (χ2n) is 7.18. The molecule has 9 heteroatoms. The summed E-state index contributed by atoms with van der Waals surface area (Å²) in [7, 11) is 1.56. The molecule has 3 aromatic rings. The van der Waals surface area contributed by atoms with Gasteiger partial charge in [0.2, 0.25) is 6.41 Å². The van der Waals surface area contributed by atoms with Crippen LogP contribution in [0.25, 0.3) is 10.2 Å². The quantitative estimate of drug-likeness (QED) is 0.502. The topological polar surface area (TPSA) is 105 Å². The molecule has 2 aromatic heterocycles. The van der Waals surface area contributed by atoms with Crippen LogP contribution in [0.15, 0.2) is 36.5 Å². The molecule has 1 aliphatic rings. The highest BCUT2D eigenvalue weighted by Crippen LogP contribution is 2.32. The van der Waals surface area contributed by atoms with E-state index in [9.17, 15) is 9.59 Å². The molecule has 2 heterocycles. The molecule has 0 saturated heterocycles. The molecule has 0 radical (unpaired) electrons. The number of amides is 2. The molecule has 30 heavy (non-hydrogen) atoms. The minimum absolute atomic E-state index is 0.259. The number of benzene rings is 1. The van der Waals surface area contributed by atoms with E-state index in [4.69, 9.17) is 4.74 Å². The molecule has 8 nitrogen and oxygen atoms in total. The maximum Gasteiger partial charge on any atom is 0.269 e.